The molecule has 24 heteroatoms. The van der Waals surface area contributed by atoms with Crippen molar-refractivity contribution in [3.05, 3.63) is 105 Å². The van der Waals surface area contributed by atoms with E-state index < -0.39 is 95.9 Å². The third kappa shape index (κ3) is 11.3. The van der Waals surface area contributed by atoms with Gasteiger partial charge >= 0.3 is 18.9 Å². The topological polar surface area (TPSA) is 231 Å². The standard InChI is InChI=1S/C53H63F3N7O12PS/c1-52(2,3)46(58-48(66)40-27-33-26-34(12-15-39(33)77-40)53(55,56)76(70,71)72)50(68)62-22-19-37(45(62)49(67)61-23-24-74-38(28-61)31-9-7-6-8-10-31)75-29-42(73-5)60-20-17-30(18-21-60)25-32-11-13-35-44(43(32)54)59(4)51(69)63(35)36-14-16-41(64)57-47(36)65/h6-13,15,26-27,30,36-38,42,45-46H,14,16-25,28-29H2,1-5H3,(H,58,66)(H,57,64,65)(H2,70,71,72)/t36?,37-,38+,42?,45+,46-/m1/s1. The molecule has 2 unspecified atom stereocenters. The summed E-state index contributed by atoms with van der Waals surface area (Å²) < 4.78 is 78.8. The number of morpholine rings is 1. The van der Waals surface area contributed by atoms with Gasteiger partial charge < -0.3 is 39.1 Å². The molecule has 0 bridgehead atoms. The summed E-state index contributed by atoms with van der Waals surface area (Å²) in [6.07, 6.45) is 0.436. The summed E-state index contributed by atoms with van der Waals surface area (Å²) >= 11 is 0.953. The van der Waals surface area contributed by atoms with E-state index in [1.54, 1.807) is 44.9 Å². The minimum Gasteiger partial charge on any atom is -0.371 e. The molecule has 5 amide bonds. The molecule has 4 N–H and O–H groups in total. The number of alkyl halides is 2. The average Bonchev–Trinajstić information content (AvgIpc) is 4.14. The van der Waals surface area contributed by atoms with Crippen LogP contribution in [-0.4, -0.2) is 141 Å². The molecular weight excluding hydrogens is 1050 g/mol. The maximum Gasteiger partial charge on any atom is 0.399 e. The number of nitrogens with one attached hydrogen (secondary N) is 2. The third-order valence-electron chi connectivity index (χ3n) is 15.3. The molecule has 0 radical (unpaired) electrons. The molecule has 0 spiro atoms. The molecule has 4 aliphatic rings. The van der Waals surface area contributed by atoms with Gasteiger partial charge in [-0.25, -0.2) is 9.18 Å². The van der Waals surface area contributed by atoms with Crippen molar-refractivity contribution in [1.29, 1.82) is 0 Å². The average molecular weight is 1110 g/mol. The molecule has 414 valence electrons. The summed E-state index contributed by atoms with van der Waals surface area (Å²) in [6.45, 7) is 7.27. The zero-order chi connectivity index (χ0) is 55.3. The van der Waals surface area contributed by atoms with Crippen LogP contribution >= 0.6 is 18.9 Å². The molecule has 6 heterocycles. The van der Waals surface area contributed by atoms with Crippen molar-refractivity contribution in [2.24, 2.45) is 18.4 Å². The molecule has 4 fully saturated rings. The van der Waals surface area contributed by atoms with Crippen LogP contribution in [0.25, 0.3) is 21.1 Å². The van der Waals surface area contributed by atoms with Gasteiger partial charge in [-0.1, -0.05) is 63.2 Å². The van der Waals surface area contributed by atoms with Gasteiger partial charge in [0, 0.05) is 57.0 Å². The van der Waals surface area contributed by atoms with E-state index in [-0.39, 0.29) is 85.2 Å². The smallest absolute Gasteiger partial charge is 0.371 e. The van der Waals surface area contributed by atoms with Crippen LogP contribution in [0.15, 0.2) is 71.5 Å². The summed E-state index contributed by atoms with van der Waals surface area (Å²) in [5.41, 5.74) is -5.17. The Hall–Kier alpha value is -5.78. The first-order chi connectivity index (χ1) is 36.5. The molecule has 2 aromatic heterocycles. The van der Waals surface area contributed by atoms with E-state index in [0.717, 1.165) is 29.0 Å². The van der Waals surface area contributed by atoms with E-state index in [4.69, 9.17) is 14.2 Å². The molecule has 6 atom stereocenters. The maximum atomic E-state index is 16.3. The quantitative estimate of drug-likeness (QED) is 0.0745. The van der Waals surface area contributed by atoms with Crippen LogP contribution in [0.1, 0.15) is 91.4 Å². The fourth-order valence-corrected chi connectivity index (χ4v) is 12.5. The maximum absolute atomic E-state index is 16.3. The first-order valence-corrected chi connectivity index (χ1v) is 28.0. The fraction of sp³-hybridized carbons (Fsp3) is 0.509. The lowest BCUT2D eigenvalue weighted by Crippen LogP contribution is -2.60. The number of nitrogens with zero attached hydrogens (tertiary/aromatic N) is 5. The fourth-order valence-electron chi connectivity index (χ4n) is 11.1. The highest BCUT2D eigenvalue weighted by Gasteiger charge is 2.51. The van der Waals surface area contributed by atoms with Gasteiger partial charge in [-0.15, -0.1) is 11.3 Å². The van der Waals surface area contributed by atoms with Crippen molar-refractivity contribution in [1.82, 2.24) is 34.5 Å². The summed E-state index contributed by atoms with van der Waals surface area (Å²) in [7, 11) is -2.84. The molecule has 9 rings (SSSR count). The largest absolute Gasteiger partial charge is 0.399 e. The van der Waals surface area contributed by atoms with E-state index in [1.165, 1.54) is 33.2 Å². The molecule has 0 saturated carbocycles. The summed E-state index contributed by atoms with van der Waals surface area (Å²) in [5.74, 6) is -3.07. The number of piperidine rings is 2. The number of carbonyl (C=O) groups is 5. The van der Waals surface area contributed by atoms with E-state index in [1.807, 2.05) is 30.3 Å². The zero-order valence-electron chi connectivity index (χ0n) is 43.3. The number of imidazole rings is 1. The van der Waals surface area contributed by atoms with E-state index in [2.05, 4.69) is 15.5 Å². The SMILES string of the molecule is COC(CO[C@@H]1CCN(C(=O)[C@@H](NC(=O)c2cc3cc(C(F)(F)P(=O)(O)O)ccc3s2)C(C)(C)C)[C@@H]1C(=O)N1CCO[C@H](c2ccccc2)C1)N1CCC(Cc2ccc3c(c2F)n(C)c(=O)n3C2CCC(=O)NC2=O)CC1. The number of methoxy groups -OCH3 is 1. The Morgan fingerprint density at radius 1 is 0.961 bits per heavy atom. The Bertz CT molecular complexity index is 3190. The van der Waals surface area contributed by atoms with Crippen LogP contribution in [0.5, 0.6) is 0 Å². The molecule has 0 aliphatic carbocycles. The normalized spacial score (nSPS) is 22.2. The number of likely N-dealkylation sites (tertiary alicyclic amines) is 2. The van der Waals surface area contributed by atoms with E-state index >= 15 is 14.0 Å². The number of hydrogen-bond acceptors (Lipinski definition) is 12. The zero-order valence-corrected chi connectivity index (χ0v) is 45.0. The number of aromatic nitrogens is 2. The van der Waals surface area contributed by atoms with Crippen molar-refractivity contribution in [2.45, 2.75) is 102 Å². The number of carbonyl (C=O) groups excluding carboxylic acids is 5. The van der Waals surface area contributed by atoms with Gasteiger partial charge in [-0.2, -0.15) is 8.78 Å². The minimum absolute atomic E-state index is 0.0318. The van der Waals surface area contributed by atoms with Gasteiger partial charge in [-0.05, 0) is 84.2 Å². The summed E-state index contributed by atoms with van der Waals surface area (Å²) in [5, 5.41) is 5.27. The van der Waals surface area contributed by atoms with Gasteiger partial charge in [0.1, 0.15) is 36.0 Å². The molecule has 5 aromatic rings. The number of aryl methyl sites for hydroxylation is 1. The van der Waals surface area contributed by atoms with Gasteiger partial charge in [-0.3, -0.25) is 47.9 Å². The van der Waals surface area contributed by atoms with Gasteiger partial charge in [0.25, 0.3) is 5.91 Å². The Labute approximate surface area is 445 Å². The molecule has 19 nitrogen and oxygen atoms in total. The lowest BCUT2D eigenvalue weighted by Gasteiger charge is -2.40. The second kappa shape index (κ2) is 22.2. The van der Waals surface area contributed by atoms with Crippen molar-refractivity contribution in [3.63, 3.8) is 0 Å². The number of fused-ring (bicyclic) bond motifs is 2. The van der Waals surface area contributed by atoms with Crippen LogP contribution in [-0.2, 0) is 57.1 Å². The minimum atomic E-state index is -5.86. The number of hydrogen-bond donors (Lipinski definition) is 4. The van der Waals surface area contributed by atoms with Crippen molar-refractivity contribution in [2.75, 3.05) is 53.0 Å². The first kappa shape index (κ1) is 56.0. The highest BCUT2D eigenvalue weighted by Crippen LogP contribution is 2.59. The summed E-state index contributed by atoms with van der Waals surface area (Å²) in [4.78, 5) is 106. The molecule has 77 heavy (non-hydrogen) atoms. The second-order valence-electron chi connectivity index (χ2n) is 21.4. The highest BCUT2D eigenvalue weighted by atomic mass is 32.1. The number of thiophene rings is 1. The lowest BCUT2D eigenvalue weighted by atomic mass is 9.85. The Morgan fingerprint density at radius 2 is 1.69 bits per heavy atom. The number of rotatable bonds is 15. The Balaban J connectivity index is 0.895. The van der Waals surface area contributed by atoms with Gasteiger partial charge in [0.15, 0.2) is 5.82 Å². The lowest BCUT2D eigenvalue weighted by molar-refractivity contribution is -0.157. The van der Waals surface area contributed by atoms with Crippen LogP contribution in [0.3, 0.4) is 0 Å². The van der Waals surface area contributed by atoms with Crippen LogP contribution in [0.2, 0.25) is 0 Å². The Morgan fingerprint density at radius 3 is 2.36 bits per heavy atom. The predicted octanol–water partition coefficient (Wildman–Crippen LogP) is 5.56. The molecular formula is C53H63F3N7O12PS. The van der Waals surface area contributed by atoms with Crippen LogP contribution in [0.4, 0.5) is 13.2 Å². The molecule has 4 saturated heterocycles. The van der Waals surface area contributed by atoms with Crippen molar-refractivity contribution in [3.8, 4) is 0 Å². The number of amides is 5. The second-order valence-corrected chi connectivity index (χ2v) is 24.1. The highest BCUT2D eigenvalue weighted by molar-refractivity contribution is 7.52. The van der Waals surface area contributed by atoms with Crippen LogP contribution in [0, 0.1) is 17.2 Å². The van der Waals surface area contributed by atoms with Crippen LogP contribution < -0.4 is 16.3 Å². The van der Waals surface area contributed by atoms with Gasteiger partial charge in [0.05, 0.1) is 36.3 Å². The molecule has 3 aromatic carbocycles. The predicted molar refractivity (Wildman–Crippen MR) is 277 cm³/mol. The first-order valence-electron chi connectivity index (χ1n) is 25.6. The van der Waals surface area contributed by atoms with Crippen molar-refractivity contribution < 1.29 is 65.7 Å². The molecule has 4 aliphatic heterocycles. The third-order valence-corrected chi connectivity index (χ3v) is 17.4. The number of halogens is 3. The number of imide groups is 1. The van der Waals surface area contributed by atoms with Gasteiger partial charge in [0.2, 0.25) is 23.6 Å². The number of ether oxygens (including phenoxy) is 3. The Kier molecular flexibility index (Phi) is 16.1. The monoisotopic (exact) mass is 1110 g/mol. The van der Waals surface area contributed by atoms with E-state index in [9.17, 15) is 42.3 Å². The van der Waals surface area contributed by atoms with Crippen molar-refractivity contribution >= 4 is 69.6 Å². The number of benzene rings is 3. The summed E-state index contributed by atoms with van der Waals surface area (Å²) in [6, 6.07) is 13.9. The van der Waals surface area contributed by atoms with E-state index in [0.29, 0.717) is 42.6 Å².